The summed E-state index contributed by atoms with van der Waals surface area (Å²) in [6.07, 6.45) is 4.96. The van der Waals surface area contributed by atoms with E-state index in [9.17, 15) is 4.79 Å². The highest BCUT2D eigenvalue weighted by atomic mass is 16.2. The number of aromatic amines is 1. The smallest absolute Gasteiger partial charge is 0.276 e. The fourth-order valence-electron chi connectivity index (χ4n) is 1.53. The molecule has 0 aromatic carbocycles. The maximum Gasteiger partial charge on any atom is 0.276 e. The highest BCUT2D eigenvalue weighted by Gasteiger charge is 2.18. The SMILES string of the molecule is CN(Cc1ncc[nH]1)C(=O)c1nn(C)cc1N. The Bertz CT molecular complexity index is 515. The number of nitrogens with two attached hydrogens (primary N) is 1. The summed E-state index contributed by atoms with van der Waals surface area (Å²) in [4.78, 5) is 20.5. The Labute approximate surface area is 98.2 Å². The van der Waals surface area contributed by atoms with Crippen molar-refractivity contribution in [3.8, 4) is 0 Å². The Hall–Kier alpha value is -2.31. The van der Waals surface area contributed by atoms with Crippen LogP contribution in [-0.2, 0) is 13.6 Å². The lowest BCUT2D eigenvalue weighted by Gasteiger charge is -2.14. The van der Waals surface area contributed by atoms with Crippen LogP contribution in [-0.4, -0.2) is 37.6 Å². The fourth-order valence-corrected chi connectivity index (χ4v) is 1.53. The van der Waals surface area contributed by atoms with E-state index >= 15 is 0 Å². The van der Waals surface area contributed by atoms with Crippen molar-refractivity contribution in [3.63, 3.8) is 0 Å². The number of nitrogens with one attached hydrogen (secondary N) is 1. The van der Waals surface area contributed by atoms with E-state index in [2.05, 4.69) is 15.1 Å². The second kappa shape index (κ2) is 4.28. The number of carbonyl (C=O) groups excluding carboxylic acids is 1. The van der Waals surface area contributed by atoms with Crippen LogP contribution in [0.3, 0.4) is 0 Å². The van der Waals surface area contributed by atoms with Crippen LogP contribution in [0.2, 0.25) is 0 Å². The lowest BCUT2D eigenvalue weighted by atomic mass is 10.3. The summed E-state index contributed by atoms with van der Waals surface area (Å²) in [7, 11) is 3.40. The first-order chi connectivity index (χ1) is 8.08. The Kier molecular flexibility index (Phi) is 2.82. The molecule has 0 radical (unpaired) electrons. The first-order valence-electron chi connectivity index (χ1n) is 5.10. The number of anilines is 1. The Morgan fingerprint density at radius 3 is 2.94 bits per heavy atom. The summed E-state index contributed by atoms with van der Waals surface area (Å²) in [5, 5.41) is 4.03. The molecular weight excluding hydrogens is 220 g/mol. The molecule has 3 N–H and O–H groups in total. The van der Waals surface area contributed by atoms with Crippen LogP contribution in [0.25, 0.3) is 0 Å². The number of imidazole rings is 1. The molecular formula is C10H14N6O. The molecule has 17 heavy (non-hydrogen) atoms. The Balaban J connectivity index is 2.12. The van der Waals surface area contributed by atoms with Gasteiger partial charge in [-0.2, -0.15) is 5.10 Å². The second-order valence-electron chi connectivity index (χ2n) is 3.80. The average Bonchev–Trinajstić information content (AvgIpc) is 2.87. The van der Waals surface area contributed by atoms with E-state index in [0.717, 1.165) is 5.82 Å². The highest BCUT2D eigenvalue weighted by Crippen LogP contribution is 2.11. The molecule has 2 aromatic heterocycles. The van der Waals surface area contributed by atoms with E-state index in [4.69, 9.17) is 5.73 Å². The van der Waals surface area contributed by atoms with Crippen LogP contribution < -0.4 is 5.73 Å². The highest BCUT2D eigenvalue weighted by molar-refractivity contribution is 5.96. The minimum Gasteiger partial charge on any atom is -0.396 e. The third-order valence-electron chi connectivity index (χ3n) is 2.35. The number of H-pyrrole nitrogens is 1. The van der Waals surface area contributed by atoms with Gasteiger partial charge >= 0.3 is 0 Å². The van der Waals surface area contributed by atoms with Gasteiger partial charge in [-0.25, -0.2) is 4.98 Å². The number of nitrogen functional groups attached to an aromatic ring is 1. The van der Waals surface area contributed by atoms with Crippen LogP contribution in [0.4, 0.5) is 5.69 Å². The third kappa shape index (κ3) is 2.27. The number of amides is 1. The minimum atomic E-state index is -0.223. The number of nitrogens with zero attached hydrogens (tertiary/aromatic N) is 4. The molecule has 0 aliphatic carbocycles. The number of carbonyl (C=O) groups is 1. The molecule has 7 nitrogen and oxygen atoms in total. The average molecular weight is 234 g/mol. The van der Waals surface area contributed by atoms with Crippen molar-refractivity contribution in [2.75, 3.05) is 12.8 Å². The Morgan fingerprint density at radius 1 is 1.65 bits per heavy atom. The van der Waals surface area contributed by atoms with E-state index in [1.807, 2.05) is 0 Å². The molecule has 0 spiro atoms. The lowest BCUT2D eigenvalue weighted by molar-refractivity contribution is 0.0776. The summed E-state index contributed by atoms with van der Waals surface area (Å²) >= 11 is 0. The van der Waals surface area contributed by atoms with Crippen molar-refractivity contribution in [2.24, 2.45) is 7.05 Å². The van der Waals surface area contributed by atoms with E-state index in [1.165, 1.54) is 9.58 Å². The summed E-state index contributed by atoms with van der Waals surface area (Å²) in [6.45, 7) is 0.391. The molecule has 0 aliphatic heterocycles. The van der Waals surface area contributed by atoms with Gasteiger partial charge in [0, 0.05) is 32.7 Å². The van der Waals surface area contributed by atoms with Gasteiger partial charge in [-0.15, -0.1) is 0 Å². The molecule has 1 amide bonds. The van der Waals surface area contributed by atoms with Gasteiger partial charge in [0.15, 0.2) is 5.69 Å². The predicted molar refractivity (Wildman–Crippen MR) is 62.0 cm³/mol. The molecule has 7 heteroatoms. The molecule has 0 fully saturated rings. The summed E-state index contributed by atoms with van der Waals surface area (Å²) < 4.78 is 1.52. The zero-order chi connectivity index (χ0) is 12.4. The topological polar surface area (TPSA) is 92.8 Å². The monoisotopic (exact) mass is 234 g/mol. The maximum atomic E-state index is 12.0. The fraction of sp³-hybridized carbons (Fsp3) is 0.300. The molecule has 90 valence electrons. The van der Waals surface area contributed by atoms with Gasteiger partial charge in [0.05, 0.1) is 12.2 Å². The van der Waals surface area contributed by atoms with Crippen LogP contribution in [0.15, 0.2) is 18.6 Å². The molecule has 0 bridgehead atoms. The van der Waals surface area contributed by atoms with Gasteiger partial charge < -0.3 is 15.6 Å². The van der Waals surface area contributed by atoms with Crippen molar-refractivity contribution in [3.05, 3.63) is 30.1 Å². The first-order valence-corrected chi connectivity index (χ1v) is 5.10. The Morgan fingerprint density at radius 2 is 2.41 bits per heavy atom. The van der Waals surface area contributed by atoms with Crippen LogP contribution in [0, 0.1) is 0 Å². The van der Waals surface area contributed by atoms with Crippen molar-refractivity contribution >= 4 is 11.6 Å². The zero-order valence-electron chi connectivity index (χ0n) is 9.71. The van der Waals surface area contributed by atoms with Gasteiger partial charge in [-0.3, -0.25) is 9.48 Å². The number of aryl methyl sites for hydroxylation is 1. The molecule has 0 atom stereocenters. The van der Waals surface area contributed by atoms with E-state index in [-0.39, 0.29) is 11.6 Å². The summed E-state index contributed by atoms with van der Waals surface area (Å²) in [5.74, 6) is 0.495. The molecule has 2 aromatic rings. The van der Waals surface area contributed by atoms with Gasteiger partial charge in [0.25, 0.3) is 5.91 Å². The third-order valence-corrected chi connectivity index (χ3v) is 2.35. The normalized spacial score (nSPS) is 10.5. The minimum absolute atomic E-state index is 0.223. The number of aromatic nitrogens is 4. The van der Waals surface area contributed by atoms with Crippen LogP contribution in [0.5, 0.6) is 0 Å². The van der Waals surface area contributed by atoms with Crippen LogP contribution >= 0.6 is 0 Å². The molecule has 2 rings (SSSR count). The second-order valence-corrected chi connectivity index (χ2v) is 3.80. The van der Waals surface area contributed by atoms with Crippen molar-refractivity contribution < 1.29 is 4.79 Å². The van der Waals surface area contributed by atoms with Gasteiger partial charge in [-0.1, -0.05) is 0 Å². The molecule has 0 aliphatic rings. The lowest BCUT2D eigenvalue weighted by Crippen LogP contribution is -2.27. The van der Waals surface area contributed by atoms with Crippen molar-refractivity contribution in [1.82, 2.24) is 24.6 Å². The van der Waals surface area contributed by atoms with E-state index in [1.54, 1.807) is 32.7 Å². The largest absolute Gasteiger partial charge is 0.396 e. The first kappa shape index (κ1) is 11.2. The number of hydrogen-bond acceptors (Lipinski definition) is 4. The summed E-state index contributed by atoms with van der Waals surface area (Å²) in [5.41, 5.74) is 6.34. The maximum absolute atomic E-state index is 12.0. The number of hydrogen-bond donors (Lipinski definition) is 2. The van der Waals surface area contributed by atoms with E-state index < -0.39 is 0 Å². The zero-order valence-corrected chi connectivity index (χ0v) is 9.71. The summed E-state index contributed by atoms with van der Waals surface area (Å²) in [6, 6.07) is 0. The number of rotatable bonds is 3. The van der Waals surface area contributed by atoms with Gasteiger partial charge in [0.1, 0.15) is 5.82 Å². The predicted octanol–water partition coefficient (Wildman–Crippen LogP) is -0.00240. The molecule has 0 unspecified atom stereocenters. The van der Waals surface area contributed by atoms with Crippen molar-refractivity contribution in [2.45, 2.75) is 6.54 Å². The van der Waals surface area contributed by atoms with Crippen LogP contribution in [0.1, 0.15) is 16.3 Å². The van der Waals surface area contributed by atoms with E-state index in [0.29, 0.717) is 12.2 Å². The van der Waals surface area contributed by atoms with Gasteiger partial charge in [-0.05, 0) is 0 Å². The van der Waals surface area contributed by atoms with Gasteiger partial charge in [0.2, 0.25) is 0 Å². The van der Waals surface area contributed by atoms with Crippen molar-refractivity contribution in [1.29, 1.82) is 0 Å². The standard InChI is InChI=1S/C10H14N6O/c1-15(6-8-12-3-4-13-8)10(17)9-7(11)5-16(2)14-9/h3-5H,6,11H2,1-2H3,(H,12,13). The molecule has 0 saturated carbocycles. The quantitative estimate of drug-likeness (QED) is 0.781. The molecule has 0 saturated heterocycles. The molecule has 2 heterocycles.